The molecule has 3 aromatic carbocycles. The van der Waals surface area contributed by atoms with Crippen LogP contribution in [0.2, 0.25) is 0 Å². The number of nitrogens with zero attached hydrogens (tertiary/aromatic N) is 1. The molecule has 3 rings (SSSR count). The van der Waals surface area contributed by atoms with E-state index in [2.05, 4.69) is 43.4 Å². The fourth-order valence-corrected chi connectivity index (χ4v) is 2.89. The number of benzene rings is 3. The zero-order valence-corrected chi connectivity index (χ0v) is 14.1. The number of methoxy groups -OCH3 is 1. The van der Waals surface area contributed by atoms with Crippen LogP contribution in [0.4, 0.5) is 5.69 Å². The number of nitriles is 1. The fraction of sp³-hybridized carbons (Fsp3) is 0.190. The van der Waals surface area contributed by atoms with Crippen molar-refractivity contribution in [3.63, 3.8) is 0 Å². The van der Waals surface area contributed by atoms with Crippen molar-refractivity contribution in [2.45, 2.75) is 19.9 Å². The predicted octanol–water partition coefficient (Wildman–Crippen LogP) is 5.21. The van der Waals surface area contributed by atoms with Gasteiger partial charge in [-0.1, -0.05) is 18.2 Å². The van der Waals surface area contributed by atoms with E-state index in [4.69, 9.17) is 10.00 Å². The normalized spacial score (nSPS) is 10.6. The average molecular weight is 316 g/mol. The van der Waals surface area contributed by atoms with Gasteiger partial charge in [-0.2, -0.15) is 5.26 Å². The molecule has 0 aliphatic heterocycles. The highest BCUT2D eigenvalue weighted by molar-refractivity contribution is 6.03. The predicted molar refractivity (Wildman–Crippen MR) is 99.4 cm³/mol. The van der Waals surface area contributed by atoms with Crippen molar-refractivity contribution in [3.05, 3.63) is 60.2 Å². The minimum atomic E-state index is 0.331. The smallest absolute Gasteiger partial charge is 0.119 e. The third-order valence-electron chi connectivity index (χ3n) is 3.97. The van der Waals surface area contributed by atoms with Crippen LogP contribution in [0.25, 0.3) is 21.9 Å². The molecule has 0 atom stereocenters. The molecular formula is C21H20N2O. The molecule has 3 heteroatoms. The van der Waals surface area contributed by atoms with Crippen molar-refractivity contribution < 1.29 is 4.74 Å². The molecule has 0 bridgehead atoms. The van der Waals surface area contributed by atoms with E-state index >= 15 is 0 Å². The maximum Gasteiger partial charge on any atom is 0.119 e. The summed E-state index contributed by atoms with van der Waals surface area (Å²) >= 11 is 0. The van der Waals surface area contributed by atoms with Crippen LogP contribution in [0.1, 0.15) is 19.4 Å². The summed E-state index contributed by atoms with van der Waals surface area (Å²) in [4.78, 5) is 0. The number of nitrogens with one attached hydrogen (secondary N) is 1. The van der Waals surface area contributed by atoms with E-state index in [0.717, 1.165) is 33.3 Å². The van der Waals surface area contributed by atoms with E-state index < -0.39 is 0 Å². The molecule has 0 aliphatic carbocycles. The van der Waals surface area contributed by atoms with Gasteiger partial charge in [-0.25, -0.2) is 0 Å². The summed E-state index contributed by atoms with van der Waals surface area (Å²) in [6.07, 6.45) is 0. The van der Waals surface area contributed by atoms with Gasteiger partial charge < -0.3 is 10.1 Å². The highest BCUT2D eigenvalue weighted by atomic mass is 16.5. The van der Waals surface area contributed by atoms with Crippen LogP contribution >= 0.6 is 0 Å². The summed E-state index contributed by atoms with van der Waals surface area (Å²) in [5.41, 5.74) is 3.99. The van der Waals surface area contributed by atoms with Crippen LogP contribution in [0.3, 0.4) is 0 Å². The van der Waals surface area contributed by atoms with E-state index in [1.807, 2.05) is 36.4 Å². The molecule has 0 aliphatic rings. The molecule has 1 N–H and O–H groups in total. The van der Waals surface area contributed by atoms with Gasteiger partial charge in [-0.05, 0) is 66.6 Å². The monoisotopic (exact) mass is 316 g/mol. The molecule has 0 saturated heterocycles. The summed E-state index contributed by atoms with van der Waals surface area (Å²) < 4.78 is 5.34. The van der Waals surface area contributed by atoms with Gasteiger partial charge in [0.2, 0.25) is 0 Å². The molecule has 0 amide bonds. The van der Waals surface area contributed by atoms with Crippen molar-refractivity contribution >= 4 is 16.5 Å². The summed E-state index contributed by atoms with van der Waals surface area (Å²) in [7, 11) is 1.68. The molecule has 24 heavy (non-hydrogen) atoms. The standard InChI is InChI=1S/C21H20N2O/c1-14(2)23-20-11-8-17-12-18(24-3)9-10-19(17)21(20)16-6-4-15(13-22)5-7-16/h4-12,14,23H,1-3H3. The Bertz CT molecular complexity index is 906. The van der Waals surface area contributed by atoms with Gasteiger partial charge in [0.05, 0.1) is 18.7 Å². The van der Waals surface area contributed by atoms with Crippen molar-refractivity contribution in [2.24, 2.45) is 0 Å². The van der Waals surface area contributed by atoms with Crippen molar-refractivity contribution in [3.8, 4) is 22.9 Å². The van der Waals surface area contributed by atoms with Crippen LogP contribution < -0.4 is 10.1 Å². The summed E-state index contributed by atoms with van der Waals surface area (Å²) in [5, 5.41) is 14.8. The Labute approximate surface area is 142 Å². The average Bonchev–Trinajstić information content (AvgIpc) is 2.61. The van der Waals surface area contributed by atoms with Gasteiger partial charge in [-0.3, -0.25) is 0 Å². The lowest BCUT2D eigenvalue weighted by Crippen LogP contribution is -2.10. The maximum absolute atomic E-state index is 9.03. The van der Waals surface area contributed by atoms with E-state index in [9.17, 15) is 0 Å². The van der Waals surface area contributed by atoms with Crippen LogP contribution in [-0.2, 0) is 0 Å². The third kappa shape index (κ3) is 3.04. The topological polar surface area (TPSA) is 45.0 Å². The van der Waals surface area contributed by atoms with Gasteiger partial charge in [0.25, 0.3) is 0 Å². The van der Waals surface area contributed by atoms with E-state index in [1.54, 1.807) is 7.11 Å². The number of fused-ring (bicyclic) bond motifs is 1. The fourth-order valence-electron chi connectivity index (χ4n) is 2.89. The van der Waals surface area contributed by atoms with Gasteiger partial charge in [0.15, 0.2) is 0 Å². The summed E-state index contributed by atoms with van der Waals surface area (Å²) in [6, 6.07) is 20.6. The Morgan fingerprint density at radius 2 is 1.75 bits per heavy atom. The Morgan fingerprint density at radius 1 is 1.00 bits per heavy atom. The molecule has 0 saturated carbocycles. The first-order valence-corrected chi connectivity index (χ1v) is 8.00. The van der Waals surface area contributed by atoms with Crippen molar-refractivity contribution in [1.82, 2.24) is 0 Å². The second kappa shape index (κ2) is 6.64. The van der Waals surface area contributed by atoms with Crippen molar-refractivity contribution in [1.29, 1.82) is 5.26 Å². The zero-order valence-electron chi connectivity index (χ0n) is 14.1. The second-order valence-electron chi connectivity index (χ2n) is 6.06. The minimum absolute atomic E-state index is 0.331. The van der Waals surface area contributed by atoms with E-state index in [-0.39, 0.29) is 0 Å². The van der Waals surface area contributed by atoms with Gasteiger partial charge in [0.1, 0.15) is 5.75 Å². The summed E-state index contributed by atoms with van der Waals surface area (Å²) in [6.45, 7) is 4.25. The molecule has 3 aromatic rings. The molecule has 3 nitrogen and oxygen atoms in total. The zero-order chi connectivity index (χ0) is 17.1. The van der Waals surface area contributed by atoms with E-state index in [0.29, 0.717) is 11.6 Å². The number of rotatable bonds is 4. The SMILES string of the molecule is COc1ccc2c(-c3ccc(C#N)cc3)c(NC(C)C)ccc2c1. The Hall–Kier alpha value is -2.99. The number of anilines is 1. The molecule has 0 spiro atoms. The van der Waals surface area contributed by atoms with Crippen LogP contribution in [0, 0.1) is 11.3 Å². The largest absolute Gasteiger partial charge is 0.497 e. The van der Waals surface area contributed by atoms with E-state index in [1.165, 1.54) is 0 Å². The lowest BCUT2D eigenvalue weighted by Gasteiger charge is -2.18. The molecule has 0 heterocycles. The molecule has 0 unspecified atom stereocenters. The number of ether oxygens (including phenoxy) is 1. The van der Waals surface area contributed by atoms with Gasteiger partial charge in [-0.15, -0.1) is 0 Å². The molecule has 120 valence electrons. The van der Waals surface area contributed by atoms with Gasteiger partial charge in [0, 0.05) is 17.3 Å². The molecule has 0 aromatic heterocycles. The lowest BCUT2D eigenvalue weighted by molar-refractivity contribution is 0.415. The minimum Gasteiger partial charge on any atom is -0.497 e. The highest BCUT2D eigenvalue weighted by Gasteiger charge is 2.12. The number of hydrogen-bond acceptors (Lipinski definition) is 3. The first kappa shape index (κ1) is 15.9. The first-order chi connectivity index (χ1) is 11.6. The highest BCUT2D eigenvalue weighted by Crippen LogP contribution is 2.37. The third-order valence-corrected chi connectivity index (χ3v) is 3.97. The Balaban J connectivity index is 2.25. The van der Waals surface area contributed by atoms with Crippen LogP contribution in [-0.4, -0.2) is 13.2 Å². The molecular weight excluding hydrogens is 296 g/mol. The lowest BCUT2D eigenvalue weighted by atomic mass is 9.95. The quantitative estimate of drug-likeness (QED) is 0.719. The first-order valence-electron chi connectivity index (χ1n) is 8.00. The number of hydrogen-bond donors (Lipinski definition) is 1. The van der Waals surface area contributed by atoms with Crippen molar-refractivity contribution in [2.75, 3.05) is 12.4 Å². The molecule has 0 radical (unpaired) electrons. The summed E-state index contributed by atoms with van der Waals surface area (Å²) in [5.74, 6) is 0.845. The maximum atomic E-state index is 9.03. The van der Waals surface area contributed by atoms with Crippen LogP contribution in [0.5, 0.6) is 5.75 Å². The Kier molecular flexibility index (Phi) is 4.39. The second-order valence-corrected chi connectivity index (χ2v) is 6.06. The van der Waals surface area contributed by atoms with Gasteiger partial charge >= 0.3 is 0 Å². The Morgan fingerprint density at radius 3 is 2.38 bits per heavy atom. The molecule has 0 fully saturated rings. The van der Waals surface area contributed by atoms with Crippen LogP contribution in [0.15, 0.2) is 54.6 Å².